The second-order valence-corrected chi connectivity index (χ2v) is 6.80. The second kappa shape index (κ2) is 8.42. The summed E-state index contributed by atoms with van der Waals surface area (Å²) >= 11 is 0. The van der Waals surface area contributed by atoms with Crippen molar-refractivity contribution in [2.24, 2.45) is 11.8 Å². The predicted octanol–water partition coefficient (Wildman–Crippen LogP) is 3.81. The molecule has 0 radical (unpaired) electrons. The molecule has 0 amide bonds. The van der Waals surface area contributed by atoms with Crippen molar-refractivity contribution in [3.63, 3.8) is 0 Å². The Morgan fingerprint density at radius 2 is 1.81 bits per heavy atom. The number of ether oxygens (including phenoxy) is 1. The average Bonchev–Trinajstić information content (AvgIpc) is 3.12. The summed E-state index contributed by atoms with van der Waals surface area (Å²) in [5.41, 5.74) is 1.30. The van der Waals surface area contributed by atoms with Gasteiger partial charge in [0.25, 0.3) is 0 Å². The van der Waals surface area contributed by atoms with Crippen LogP contribution in [0.1, 0.15) is 11.6 Å². The Balaban J connectivity index is 0.00000121. The largest absolute Gasteiger partial charge is 0.497 e. The van der Waals surface area contributed by atoms with Gasteiger partial charge in [0, 0.05) is 37.8 Å². The van der Waals surface area contributed by atoms with E-state index in [-0.39, 0.29) is 30.6 Å². The minimum atomic E-state index is -0.230. The van der Waals surface area contributed by atoms with Crippen molar-refractivity contribution in [2.45, 2.75) is 6.04 Å². The van der Waals surface area contributed by atoms with Gasteiger partial charge in [-0.3, -0.25) is 4.90 Å². The molecule has 2 aliphatic heterocycles. The molecule has 4 nitrogen and oxygen atoms in total. The predicted molar refractivity (Wildman–Crippen MR) is 106 cm³/mol. The van der Waals surface area contributed by atoms with Crippen LogP contribution in [0.3, 0.4) is 0 Å². The lowest BCUT2D eigenvalue weighted by Crippen LogP contribution is -2.30. The molecular weight excluding hydrogens is 376 g/mol. The van der Waals surface area contributed by atoms with Gasteiger partial charge in [-0.25, -0.2) is 9.37 Å². The smallest absolute Gasteiger partial charge is 0.165 e. The fraction of sp³-hybridized carbons (Fsp3) is 0.421. The van der Waals surface area contributed by atoms with Gasteiger partial charge in [-0.1, -0.05) is 12.1 Å². The Bertz CT molecular complexity index is 731. The molecule has 0 unspecified atom stereocenters. The second-order valence-electron chi connectivity index (χ2n) is 6.80. The van der Waals surface area contributed by atoms with E-state index in [4.69, 9.17) is 4.74 Å². The summed E-state index contributed by atoms with van der Waals surface area (Å²) in [6.45, 7) is 2.75. The van der Waals surface area contributed by atoms with Gasteiger partial charge in [-0.05, 0) is 42.8 Å². The van der Waals surface area contributed by atoms with E-state index in [9.17, 15) is 4.39 Å². The van der Waals surface area contributed by atoms with Crippen LogP contribution in [0.5, 0.6) is 5.75 Å². The Labute approximate surface area is 166 Å². The Hall–Kier alpha value is -1.56. The summed E-state index contributed by atoms with van der Waals surface area (Å²) in [7, 11) is 3.86. The molecule has 0 saturated carbocycles. The van der Waals surface area contributed by atoms with Crippen molar-refractivity contribution < 1.29 is 9.13 Å². The normalized spacial score (nSPS) is 24.6. The monoisotopic (exact) mass is 399 g/mol. The number of halogens is 3. The third kappa shape index (κ3) is 3.61. The third-order valence-electron chi connectivity index (χ3n) is 5.39. The lowest BCUT2D eigenvalue weighted by atomic mass is 9.89. The molecule has 2 aliphatic rings. The maximum absolute atomic E-state index is 14.1. The minimum absolute atomic E-state index is 0. The first-order valence-corrected chi connectivity index (χ1v) is 8.37. The highest BCUT2D eigenvalue weighted by molar-refractivity contribution is 5.85. The molecule has 3 atom stereocenters. The molecular formula is C19H24Cl2FN3O. The summed E-state index contributed by atoms with van der Waals surface area (Å²) in [4.78, 5) is 8.77. The number of pyridine rings is 1. The standard InChI is InChI=1S/C19H22FN3O.2ClH/c1-22-10-14-11-23(19-17(20)4-3-9-21-19)12-16(14)18(22)13-5-7-15(24-2)8-6-13;;/h3-9,14,16,18H,10-12H2,1-2H3;2*1H/t14-,16+,18-;;/m0../s1. The van der Waals surface area contributed by atoms with E-state index < -0.39 is 0 Å². The van der Waals surface area contributed by atoms with Crippen LogP contribution < -0.4 is 9.64 Å². The zero-order chi connectivity index (χ0) is 16.7. The number of anilines is 1. The lowest BCUT2D eigenvalue weighted by Gasteiger charge is -2.27. The van der Waals surface area contributed by atoms with Crippen LogP contribution in [0.2, 0.25) is 0 Å². The first-order valence-electron chi connectivity index (χ1n) is 8.37. The van der Waals surface area contributed by atoms with Gasteiger partial charge in [0.15, 0.2) is 11.6 Å². The highest BCUT2D eigenvalue weighted by Crippen LogP contribution is 2.45. The fourth-order valence-corrected chi connectivity index (χ4v) is 4.34. The zero-order valence-electron chi connectivity index (χ0n) is 14.8. The van der Waals surface area contributed by atoms with Crippen molar-refractivity contribution in [1.82, 2.24) is 9.88 Å². The molecule has 4 rings (SSSR count). The average molecular weight is 400 g/mol. The van der Waals surface area contributed by atoms with Gasteiger partial charge in [0.2, 0.25) is 0 Å². The van der Waals surface area contributed by atoms with Crippen molar-refractivity contribution >= 4 is 30.6 Å². The van der Waals surface area contributed by atoms with E-state index in [1.54, 1.807) is 19.4 Å². The molecule has 26 heavy (non-hydrogen) atoms. The molecule has 3 heterocycles. The van der Waals surface area contributed by atoms with E-state index in [2.05, 4.69) is 34.0 Å². The van der Waals surface area contributed by atoms with Gasteiger partial charge in [0.1, 0.15) is 5.75 Å². The van der Waals surface area contributed by atoms with Crippen LogP contribution in [0.25, 0.3) is 0 Å². The maximum atomic E-state index is 14.1. The number of fused-ring (bicyclic) bond motifs is 1. The highest BCUT2D eigenvalue weighted by Gasteiger charge is 2.46. The van der Waals surface area contributed by atoms with Gasteiger partial charge in [-0.2, -0.15) is 0 Å². The van der Waals surface area contributed by atoms with E-state index in [1.165, 1.54) is 11.6 Å². The van der Waals surface area contributed by atoms with Crippen LogP contribution in [0, 0.1) is 17.7 Å². The molecule has 1 aromatic heterocycles. The number of hydrogen-bond acceptors (Lipinski definition) is 4. The number of rotatable bonds is 3. The van der Waals surface area contributed by atoms with Gasteiger partial charge < -0.3 is 9.64 Å². The first kappa shape index (κ1) is 20.7. The number of aromatic nitrogens is 1. The number of likely N-dealkylation sites (tertiary alicyclic amines) is 1. The van der Waals surface area contributed by atoms with Crippen LogP contribution in [-0.4, -0.2) is 43.7 Å². The van der Waals surface area contributed by atoms with Crippen molar-refractivity contribution in [1.29, 1.82) is 0 Å². The maximum Gasteiger partial charge on any atom is 0.165 e. The van der Waals surface area contributed by atoms with E-state index in [0.717, 1.165) is 25.4 Å². The summed E-state index contributed by atoms with van der Waals surface area (Å²) < 4.78 is 19.3. The van der Waals surface area contributed by atoms with Gasteiger partial charge in [-0.15, -0.1) is 24.8 Å². The molecule has 7 heteroatoms. The number of nitrogens with zero attached hydrogens (tertiary/aromatic N) is 3. The van der Waals surface area contributed by atoms with Crippen LogP contribution >= 0.6 is 24.8 Å². The SMILES string of the molecule is COc1ccc([C@H]2[C@@H]3CN(c4ncccc4F)C[C@@H]3CN2C)cc1.Cl.Cl. The molecule has 2 fully saturated rings. The zero-order valence-corrected chi connectivity index (χ0v) is 16.5. The van der Waals surface area contributed by atoms with Gasteiger partial charge in [0.05, 0.1) is 7.11 Å². The summed E-state index contributed by atoms with van der Waals surface area (Å²) in [5, 5.41) is 0. The molecule has 2 saturated heterocycles. The topological polar surface area (TPSA) is 28.6 Å². The molecule has 0 bridgehead atoms. The van der Waals surface area contributed by atoms with Crippen molar-refractivity contribution in [2.75, 3.05) is 38.7 Å². The van der Waals surface area contributed by atoms with E-state index >= 15 is 0 Å². The molecule has 1 aromatic carbocycles. The molecule has 0 spiro atoms. The van der Waals surface area contributed by atoms with Crippen LogP contribution in [-0.2, 0) is 0 Å². The summed E-state index contributed by atoms with van der Waals surface area (Å²) in [6.07, 6.45) is 1.67. The Morgan fingerprint density at radius 1 is 1.08 bits per heavy atom. The van der Waals surface area contributed by atoms with Crippen molar-refractivity contribution in [3.05, 3.63) is 54.0 Å². The van der Waals surface area contributed by atoms with Crippen molar-refractivity contribution in [3.8, 4) is 5.75 Å². The summed E-state index contributed by atoms with van der Waals surface area (Å²) in [6, 6.07) is 11.8. The number of benzene rings is 1. The molecule has 142 valence electrons. The van der Waals surface area contributed by atoms with Crippen LogP contribution in [0.4, 0.5) is 10.2 Å². The van der Waals surface area contributed by atoms with Gasteiger partial charge >= 0.3 is 0 Å². The molecule has 0 N–H and O–H groups in total. The quantitative estimate of drug-likeness (QED) is 0.784. The molecule has 0 aliphatic carbocycles. The Morgan fingerprint density at radius 3 is 2.46 bits per heavy atom. The third-order valence-corrected chi connectivity index (χ3v) is 5.39. The fourth-order valence-electron chi connectivity index (χ4n) is 4.34. The highest BCUT2D eigenvalue weighted by atomic mass is 35.5. The Kier molecular flexibility index (Phi) is 6.72. The first-order chi connectivity index (χ1) is 11.7. The lowest BCUT2D eigenvalue weighted by molar-refractivity contribution is 0.279. The minimum Gasteiger partial charge on any atom is -0.497 e. The molecule has 2 aromatic rings. The van der Waals surface area contributed by atoms with E-state index in [0.29, 0.717) is 23.7 Å². The number of hydrogen-bond donors (Lipinski definition) is 0. The van der Waals surface area contributed by atoms with Crippen LogP contribution in [0.15, 0.2) is 42.6 Å². The van der Waals surface area contributed by atoms with E-state index in [1.807, 2.05) is 12.1 Å². The summed E-state index contributed by atoms with van der Waals surface area (Å²) in [5.74, 6) is 2.17. The number of methoxy groups -OCH3 is 1.